The SMILES string of the molecule is O=CN(O)C(CCc1ncccn1)CS(=O)(=O)N1CCN(c2ccc(Br)cn2)CC1. The standard InChI is InChI=1S/C18H23BrN6O4S/c19-15-2-5-18(22-12-15)23-8-10-24(11-9-23)30(28,29)13-16(25(27)14-26)3-4-17-20-6-1-7-21-17/h1-2,5-7,12,14,16,27H,3-4,8-11,13H2. The van der Waals surface area contributed by atoms with E-state index in [-0.39, 0.29) is 18.6 Å². The molecule has 0 spiro atoms. The van der Waals surface area contributed by atoms with Gasteiger partial charge in [-0.05, 0) is 40.5 Å². The Morgan fingerprint density at radius 2 is 1.87 bits per heavy atom. The maximum Gasteiger partial charge on any atom is 0.233 e. The highest BCUT2D eigenvalue weighted by Crippen LogP contribution is 2.19. The molecule has 1 atom stereocenters. The molecule has 3 heterocycles. The molecule has 30 heavy (non-hydrogen) atoms. The number of rotatable bonds is 9. The summed E-state index contributed by atoms with van der Waals surface area (Å²) in [5.41, 5.74) is 0. The highest BCUT2D eigenvalue weighted by atomic mass is 79.9. The molecule has 1 aliphatic rings. The van der Waals surface area contributed by atoms with E-state index in [1.54, 1.807) is 24.7 Å². The minimum Gasteiger partial charge on any atom is -0.354 e. The molecule has 1 N–H and O–H groups in total. The number of aromatic nitrogens is 3. The minimum absolute atomic E-state index is 0.223. The summed E-state index contributed by atoms with van der Waals surface area (Å²) in [5, 5.41) is 10.3. The Labute approximate surface area is 183 Å². The zero-order valence-corrected chi connectivity index (χ0v) is 18.6. The zero-order valence-electron chi connectivity index (χ0n) is 16.2. The number of anilines is 1. The lowest BCUT2D eigenvalue weighted by molar-refractivity contribution is -0.158. The van der Waals surface area contributed by atoms with Gasteiger partial charge in [0, 0.05) is 55.7 Å². The van der Waals surface area contributed by atoms with E-state index < -0.39 is 16.1 Å². The fourth-order valence-corrected chi connectivity index (χ4v) is 5.20. The fourth-order valence-electron chi connectivity index (χ4n) is 3.23. The second-order valence-corrected chi connectivity index (χ2v) is 9.77. The van der Waals surface area contributed by atoms with Crippen LogP contribution in [0.3, 0.4) is 0 Å². The summed E-state index contributed by atoms with van der Waals surface area (Å²) in [5.74, 6) is 0.944. The Hall–Kier alpha value is -2.15. The van der Waals surface area contributed by atoms with Crippen LogP contribution in [-0.4, -0.2) is 82.3 Å². The van der Waals surface area contributed by atoms with E-state index in [2.05, 4.69) is 30.9 Å². The summed E-state index contributed by atoms with van der Waals surface area (Å²) < 4.78 is 28.1. The first-order valence-electron chi connectivity index (χ1n) is 9.42. The molecule has 1 saturated heterocycles. The first-order chi connectivity index (χ1) is 14.4. The number of carbonyl (C=O) groups excluding carboxylic acids is 1. The molecule has 0 aromatic carbocycles. The Morgan fingerprint density at radius 3 is 2.47 bits per heavy atom. The number of hydroxylamine groups is 2. The molecule has 0 saturated carbocycles. The van der Waals surface area contributed by atoms with Gasteiger partial charge in [0.2, 0.25) is 16.4 Å². The molecule has 0 bridgehead atoms. The summed E-state index contributed by atoms with van der Waals surface area (Å²) in [4.78, 5) is 25.6. The summed E-state index contributed by atoms with van der Waals surface area (Å²) in [6, 6.07) is 4.56. The average molecular weight is 499 g/mol. The van der Waals surface area contributed by atoms with Gasteiger partial charge in [0.1, 0.15) is 11.6 Å². The van der Waals surface area contributed by atoms with Crippen molar-refractivity contribution in [3.8, 4) is 0 Å². The topological polar surface area (TPSA) is 120 Å². The number of carbonyl (C=O) groups is 1. The van der Waals surface area contributed by atoms with Crippen LogP contribution < -0.4 is 4.90 Å². The second-order valence-electron chi connectivity index (χ2n) is 6.84. The highest BCUT2D eigenvalue weighted by molar-refractivity contribution is 9.10. The molecule has 0 aliphatic carbocycles. The number of amides is 1. The van der Waals surface area contributed by atoms with E-state index in [1.165, 1.54) is 4.31 Å². The molecular formula is C18H23BrN6O4S. The van der Waals surface area contributed by atoms with E-state index >= 15 is 0 Å². The number of halogens is 1. The third-order valence-electron chi connectivity index (χ3n) is 4.87. The lowest BCUT2D eigenvalue weighted by Gasteiger charge is -2.35. The Balaban J connectivity index is 1.60. The van der Waals surface area contributed by atoms with Crippen LogP contribution in [0.15, 0.2) is 41.3 Å². The molecule has 12 heteroatoms. The molecule has 2 aromatic rings. The van der Waals surface area contributed by atoms with Gasteiger partial charge in [-0.1, -0.05) is 0 Å². The van der Waals surface area contributed by atoms with Crippen LogP contribution >= 0.6 is 15.9 Å². The third kappa shape index (κ3) is 5.94. The van der Waals surface area contributed by atoms with Crippen LogP contribution in [0.5, 0.6) is 0 Å². The van der Waals surface area contributed by atoms with Gasteiger partial charge in [-0.3, -0.25) is 10.0 Å². The number of hydrogen-bond acceptors (Lipinski definition) is 8. The van der Waals surface area contributed by atoms with Gasteiger partial charge >= 0.3 is 0 Å². The normalized spacial score (nSPS) is 16.3. The molecule has 2 aromatic heterocycles. The van der Waals surface area contributed by atoms with Crippen molar-refractivity contribution in [2.24, 2.45) is 0 Å². The molecule has 10 nitrogen and oxygen atoms in total. The van der Waals surface area contributed by atoms with Gasteiger partial charge in [0.05, 0.1) is 11.8 Å². The molecular weight excluding hydrogens is 476 g/mol. The number of hydrogen-bond donors (Lipinski definition) is 1. The quantitative estimate of drug-likeness (QED) is 0.308. The fraction of sp³-hybridized carbons (Fsp3) is 0.444. The molecule has 1 amide bonds. The monoisotopic (exact) mass is 498 g/mol. The van der Waals surface area contributed by atoms with Crippen molar-refractivity contribution in [3.63, 3.8) is 0 Å². The van der Waals surface area contributed by atoms with Crippen molar-refractivity contribution < 1.29 is 18.4 Å². The van der Waals surface area contributed by atoms with Crippen molar-refractivity contribution >= 4 is 38.2 Å². The summed E-state index contributed by atoms with van der Waals surface area (Å²) >= 11 is 3.35. The molecule has 1 unspecified atom stereocenters. The molecule has 1 fully saturated rings. The van der Waals surface area contributed by atoms with Gasteiger partial charge in [0.15, 0.2) is 0 Å². The summed E-state index contributed by atoms with van der Waals surface area (Å²) in [6.07, 6.45) is 5.67. The number of pyridine rings is 1. The predicted octanol–water partition coefficient (Wildman–Crippen LogP) is 0.935. The van der Waals surface area contributed by atoms with Crippen LogP contribution in [0.2, 0.25) is 0 Å². The zero-order chi connectivity index (χ0) is 21.6. The lowest BCUT2D eigenvalue weighted by atomic mass is 10.2. The van der Waals surface area contributed by atoms with Crippen LogP contribution in [0.4, 0.5) is 5.82 Å². The van der Waals surface area contributed by atoms with Crippen LogP contribution in [0.25, 0.3) is 0 Å². The number of aryl methyl sites for hydroxylation is 1. The van der Waals surface area contributed by atoms with Crippen LogP contribution in [-0.2, 0) is 21.2 Å². The van der Waals surface area contributed by atoms with Gasteiger partial charge in [0.25, 0.3) is 0 Å². The molecule has 0 radical (unpaired) electrons. The Morgan fingerprint density at radius 1 is 1.17 bits per heavy atom. The second kappa shape index (κ2) is 10.2. The van der Waals surface area contributed by atoms with Crippen LogP contribution in [0.1, 0.15) is 12.2 Å². The lowest BCUT2D eigenvalue weighted by Crippen LogP contribution is -2.51. The minimum atomic E-state index is -3.68. The van der Waals surface area contributed by atoms with E-state index in [0.717, 1.165) is 10.3 Å². The van der Waals surface area contributed by atoms with Gasteiger partial charge in [-0.15, -0.1) is 0 Å². The highest BCUT2D eigenvalue weighted by Gasteiger charge is 2.31. The first-order valence-corrected chi connectivity index (χ1v) is 11.8. The summed E-state index contributed by atoms with van der Waals surface area (Å²) in [7, 11) is -3.68. The third-order valence-corrected chi connectivity index (χ3v) is 7.30. The van der Waals surface area contributed by atoms with E-state index in [0.29, 0.717) is 43.5 Å². The van der Waals surface area contributed by atoms with Gasteiger partial charge in [-0.25, -0.2) is 28.4 Å². The Bertz CT molecular complexity index is 923. The summed E-state index contributed by atoms with van der Waals surface area (Å²) in [6.45, 7) is 1.63. The first kappa shape index (κ1) is 22.5. The largest absolute Gasteiger partial charge is 0.354 e. The number of sulfonamides is 1. The van der Waals surface area contributed by atoms with Crippen molar-refractivity contribution in [2.75, 3.05) is 36.8 Å². The smallest absolute Gasteiger partial charge is 0.233 e. The maximum atomic E-state index is 12.9. The van der Waals surface area contributed by atoms with E-state index in [9.17, 15) is 18.4 Å². The van der Waals surface area contributed by atoms with Crippen molar-refractivity contribution in [2.45, 2.75) is 18.9 Å². The number of nitrogens with zero attached hydrogens (tertiary/aromatic N) is 6. The van der Waals surface area contributed by atoms with E-state index in [1.807, 2.05) is 17.0 Å². The Kier molecular flexibility index (Phi) is 7.69. The predicted molar refractivity (Wildman–Crippen MR) is 113 cm³/mol. The van der Waals surface area contributed by atoms with Gasteiger partial charge < -0.3 is 4.90 Å². The number of piperazine rings is 1. The van der Waals surface area contributed by atoms with Crippen molar-refractivity contribution in [3.05, 3.63) is 47.1 Å². The van der Waals surface area contributed by atoms with Gasteiger partial charge in [-0.2, -0.15) is 4.31 Å². The molecule has 1 aliphatic heterocycles. The van der Waals surface area contributed by atoms with Crippen LogP contribution in [0, 0.1) is 0 Å². The average Bonchev–Trinajstić information content (AvgIpc) is 2.77. The maximum absolute atomic E-state index is 12.9. The van der Waals surface area contributed by atoms with Crippen molar-refractivity contribution in [1.29, 1.82) is 0 Å². The van der Waals surface area contributed by atoms with Crippen molar-refractivity contribution in [1.82, 2.24) is 24.3 Å². The van der Waals surface area contributed by atoms with E-state index in [4.69, 9.17) is 0 Å². The molecule has 3 rings (SSSR count). The molecule has 162 valence electrons.